The second-order valence-corrected chi connectivity index (χ2v) is 12.9. The molecule has 3 aliphatic rings. The van der Waals surface area contributed by atoms with Crippen LogP contribution in [0.15, 0.2) is 12.1 Å². The first-order valence-electron chi connectivity index (χ1n) is 15.5. The molecule has 1 nitrogen and oxygen atoms in total. The Bertz CT molecular complexity index is 857. The molecule has 208 valence electrons. The number of hydrogen-bond donors (Lipinski definition) is 0. The highest BCUT2D eigenvalue weighted by Crippen LogP contribution is 2.43. The van der Waals surface area contributed by atoms with Gasteiger partial charge >= 0.3 is 0 Å². The van der Waals surface area contributed by atoms with Gasteiger partial charge in [-0.05, 0) is 92.4 Å². The number of carbonyl (C=O) groups excluding carboxylic acids is 1. The van der Waals surface area contributed by atoms with Crippen LogP contribution in [0.2, 0.25) is 0 Å². The maximum atomic E-state index is 15.3. The minimum atomic E-state index is -2.96. The second kappa shape index (κ2) is 13.7. The van der Waals surface area contributed by atoms with Crippen LogP contribution in [0.25, 0.3) is 0 Å². The molecule has 1 aromatic rings. The highest BCUT2D eigenvalue weighted by atomic mass is 19.3. The van der Waals surface area contributed by atoms with Gasteiger partial charge in [0.15, 0.2) is 5.78 Å². The Labute approximate surface area is 223 Å². The fraction of sp³-hybridized carbons (Fsp3) is 0.788. The lowest BCUT2D eigenvalue weighted by Gasteiger charge is -2.38. The van der Waals surface area contributed by atoms with Crippen LogP contribution in [0.3, 0.4) is 0 Å². The van der Waals surface area contributed by atoms with Crippen molar-refractivity contribution in [3.05, 3.63) is 34.6 Å². The summed E-state index contributed by atoms with van der Waals surface area (Å²) in [5.74, 6) is 2.98. The van der Waals surface area contributed by atoms with Gasteiger partial charge in [-0.1, -0.05) is 77.3 Å². The second-order valence-electron chi connectivity index (χ2n) is 12.9. The van der Waals surface area contributed by atoms with E-state index in [9.17, 15) is 13.6 Å². The van der Waals surface area contributed by atoms with Crippen molar-refractivity contribution >= 4 is 5.78 Å². The number of alkyl halides is 2. The minimum Gasteiger partial charge on any atom is -0.294 e. The highest BCUT2D eigenvalue weighted by Gasteiger charge is 2.31. The Morgan fingerprint density at radius 1 is 0.811 bits per heavy atom. The van der Waals surface area contributed by atoms with Crippen LogP contribution in [0.1, 0.15) is 144 Å². The Kier molecular flexibility index (Phi) is 10.6. The van der Waals surface area contributed by atoms with E-state index in [2.05, 4.69) is 13.8 Å². The molecule has 0 N–H and O–H groups in total. The molecule has 1 aromatic carbocycles. The maximum Gasteiger partial charge on any atom is 0.267 e. The summed E-state index contributed by atoms with van der Waals surface area (Å²) in [6.07, 6.45) is 15.9. The average Bonchev–Trinajstić information content (AvgIpc) is 2.90. The maximum absolute atomic E-state index is 15.3. The molecular weight excluding hydrogens is 469 g/mol. The molecule has 0 aromatic heterocycles. The SMILES string of the molecule is CCCC1CCC(C2CCC(CCc3ccc(C(=O)CC4CCC(C)CC4)c(C(F)F)c3F)CC2)CC1. The largest absolute Gasteiger partial charge is 0.294 e. The molecule has 3 fully saturated rings. The lowest BCUT2D eigenvalue weighted by molar-refractivity contribution is 0.0928. The molecule has 3 aliphatic carbocycles. The molecular formula is C33H49F3O. The molecule has 0 saturated heterocycles. The van der Waals surface area contributed by atoms with Crippen LogP contribution < -0.4 is 0 Å². The van der Waals surface area contributed by atoms with Crippen molar-refractivity contribution in [2.24, 2.45) is 35.5 Å². The summed E-state index contributed by atoms with van der Waals surface area (Å²) in [5, 5.41) is 0. The quantitative estimate of drug-likeness (QED) is 0.282. The van der Waals surface area contributed by atoms with Crippen molar-refractivity contribution in [3.63, 3.8) is 0 Å². The molecule has 0 atom stereocenters. The third-order valence-corrected chi connectivity index (χ3v) is 10.4. The van der Waals surface area contributed by atoms with Crippen molar-refractivity contribution in [2.45, 2.75) is 129 Å². The molecule has 0 unspecified atom stereocenters. The summed E-state index contributed by atoms with van der Waals surface area (Å²) < 4.78 is 43.2. The van der Waals surface area contributed by atoms with Crippen molar-refractivity contribution in [1.29, 1.82) is 0 Å². The van der Waals surface area contributed by atoms with Crippen LogP contribution in [-0.4, -0.2) is 5.78 Å². The average molecular weight is 519 g/mol. The topological polar surface area (TPSA) is 17.1 Å². The van der Waals surface area contributed by atoms with Crippen LogP contribution in [0.4, 0.5) is 13.2 Å². The predicted molar refractivity (Wildman–Crippen MR) is 146 cm³/mol. The third kappa shape index (κ3) is 7.63. The molecule has 0 heterocycles. The van der Waals surface area contributed by atoms with E-state index in [1.807, 2.05) is 0 Å². The fourth-order valence-corrected chi connectivity index (χ4v) is 7.86. The summed E-state index contributed by atoms with van der Waals surface area (Å²) >= 11 is 0. The normalized spacial score (nSPS) is 31.0. The Morgan fingerprint density at radius 3 is 1.89 bits per heavy atom. The van der Waals surface area contributed by atoms with E-state index in [1.54, 1.807) is 6.07 Å². The van der Waals surface area contributed by atoms with Gasteiger partial charge in [0.2, 0.25) is 0 Å². The van der Waals surface area contributed by atoms with E-state index >= 15 is 4.39 Å². The molecule has 4 rings (SSSR count). The monoisotopic (exact) mass is 518 g/mol. The van der Waals surface area contributed by atoms with E-state index in [-0.39, 0.29) is 23.7 Å². The number of carbonyl (C=O) groups is 1. The molecule has 3 saturated carbocycles. The molecule has 0 amide bonds. The van der Waals surface area contributed by atoms with Gasteiger partial charge in [0.25, 0.3) is 6.43 Å². The van der Waals surface area contributed by atoms with Gasteiger partial charge in [0, 0.05) is 12.0 Å². The van der Waals surface area contributed by atoms with Gasteiger partial charge in [-0.2, -0.15) is 0 Å². The van der Waals surface area contributed by atoms with E-state index in [0.717, 1.165) is 49.9 Å². The van der Waals surface area contributed by atoms with Crippen molar-refractivity contribution in [1.82, 2.24) is 0 Å². The number of benzene rings is 1. The molecule has 0 aliphatic heterocycles. The van der Waals surface area contributed by atoms with Crippen LogP contribution in [-0.2, 0) is 6.42 Å². The zero-order valence-electron chi connectivity index (χ0n) is 23.3. The van der Waals surface area contributed by atoms with Crippen LogP contribution in [0, 0.1) is 41.3 Å². The van der Waals surface area contributed by atoms with E-state index in [1.165, 1.54) is 70.3 Å². The lowest BCUT2D eigenvalue weighted by atomic mass is 9.68. The molecule has 37 heavy (non-hydrogen) atoms. The Balaban J connectivity index is 1.29. The molecule has 0 bridgehead atoms. The fourth-order valence-electron chi connectivity index (χ4n) is 7.86. The summed E-state index contributed by atoms with van der Waals surface area (Å²) in [7, 11) is 0. The van der Waals surface area contributed by atoms with Gasteiger partial charge in [0.1, 0.15) is 5.82 Å². The number of rotatable bonds is 10. The van der Waals surface area contributed by atoms with Crippen LogP contribution >= 0.6 is 0 Å². The van der Waals surface area contributed by atoms with Crippen molar-refractivity contribution in [2.75, 3.05) is 0 Å². The van der Waals surface area contributed by atoms with Gasteiger partial charge in [-0.3, -0.25) is 4.79 Å². The zero-order valence-corrected chi connectivity index (χ0v) is 23.3. The van der Waals surface area contributed by atoms with Gasteiger partial charge in [0.05, 0.1) is 5.56 Å². The first-order chi connectivity index (χ1) is 17.9. The lowest BCUT2D eigenvalue weighted by Crippen LogP contribution is -2.26. The summed E-state index contributed by atoms with van der Waals surface area (Å²) in [6, 6.07) is 3.09. The zero-order chi connectivity index (χ0) is 26.4. The van der Waals surface area contributed by atoms with Crippen molar-refractivity contribution < 1.29 is 18.0 Å². The predicted octanol–water partition coefficient (Wildman–Crippen LogP) is 10.5. The Morgan fingerprint density at radius 2 is 1.35 bits per heavy atom. The number of aryl methyl sites for hydroxylation is 1. The van der Waals surface area contributed by atoms with Crippen molar-refractivity contribution in [3.8, 4) is 0 Å². The Hall–Kier alpha value is -1.32. The first kappa shape index (κ1) is 28.7. The number of hydrogen-bond acceptors (Lipinski definition) is 1. The standard InChI is InChI=1S/C33H49F3O/c1-3-4-23-9-14-26(15-10-23)27-16-11-24(12-17-27)13-18-28-19-20-29(31(32(28)34)33(35)36)30(37)21-25-7-5-22(2)6-8-25/h19-20,22-27,33H,3-18,21H2,1-2H3. The van der Waals surface area contributed by atoms with E-state index < -0.39 is 17.8 Å². The van der Waals surface area contributed by atoms with Crippen LogP contribution in [0.5, 0.6) is 0 Å². The van der Waals surface area contributed by atoms with E-state index in [4.69, 9.17) is 0 Å². The van der Waals surface area contributed by atoms with Gasteiger partial charge < -0.3 is 0 Å². The molecule has 0 spiro atoms. The minimum absolute atomic E-state index is 0.0935. The van der Waals surface area contributed by atoms with Gasteiger partial charge in [-0.15, -0.1) is 0 Å². The molecule has 0 radical (unpaired) electrons. The van der Waals surface area contributed by atoms with Gasteiger partial charge in [-0.25, -0.2) is 13.2 Å². The summed E-state index contributed by atoms with van der Waals surface area (Å²) in [4.78, 5) is 12.9. The number of Topliss-reactive ketones (excluding diaryl/α,β-unsaturated/α-hetero) is 1. The third-order valence-electron chi connectivity index (χ3n) is 10.4. The number of ketones is 1. The smallest absolute Gasteiger partial charge is 0.267 e. The molecule has 4 heteroatoms. The number of halogens is 3. The van der Waals surface area contributed by atoms with E-state index in [0.29, 0.717) is 23.8 Å². The summed E-state index contributed by atoms with van der Waals surface area (Å²) in [6.45, 7) is 4.51. The summed E-state index contributed by atoms with van der Waals surface area (Å²) in [5.41, 5.74) is -0.396. The first-order valence-corrected chi connectivity index (χ1v) is 15.5. The highest BCUT2D eigenvalue weighted by molar-refractivity contribution is 5.97.